The molecule has 0 aliphatic carbocycles. The Kier molecular flexibility index (Phi) is 7.53. The van der Waals surface area contributed by atoms with Gasteiger partial charge in [0.15, 0.2) is 0 Å². The third-order valence-corrected chi connectivity index (χ3v) is 2.64. The van der Waals surface area contributed by atoms with E-state index in [1.54, 1.807) is 45.4 Å². The lowest BCUT2D eigenvalue weighted by molar-refractivity contribution is 1.09. The maximum absolute atomic E-state index is 3.74. The van der Waals surface area contributed by atoms with Crippen molar-refractivity contribution < 1.29 is 0 Å². The number of hydrogen-bond donors (Lipinski definition) is 0. The summed E-state index contributed by atoms with van der Waals surface area (Å²) in [5.41, 5.74) is 5.15. The molecule has 0 fully saturated rings. The maximum atomic E-state index is 3.74. The Hall–Kier alpha value is -1.11. The maximum Gasteiger partial charge on any atom is 0.103 e. The lowest BCUT2D eigenvalue weighted by Crippen LogP contribution is -1.53. The molecule has 0 N–H and O–H groups in total. The standard InChI is InChI=1S/C4H4S.C3H3NS.C2H2N2S/c1-2-4-5-3-1;1-2-5-3-4-1;1-3-4-2-5-1/h1-4H;1-3H;1-2H. The van der Waals surface area contributed by atoms with E-state index < -0.39 is 0 Å². The van der Waals surface area contributed by atoms with Gasteiger partial charge in [0, 0.05) is 11.6 Å². The Balaban J connectivity index is 0.000000112. The zero-order valence-electron chi connectivity index (χ0n) is 7.76. The second-order valence-electron chi connectivity index (χ2n) is 2.05. The van der Waals surface area contributed by atoms with Gasteiger partial charge in [0.05, 0.1) is 5.51 Å². The van der Waals surface area contributed by atoms with Crippen LogP contribution in [-0.4, -0.2) is 15.2 Å². The van der Waals surface area contributed by atoms with Gasteiger partial charge < -0.3 is 0 Å². The molecule has 0 aliphatic heterocycles. The van der Waals surface area contributed by atoms with Crippen molar-refractivity contribution >= 4 is 34.0 Å². The SMILES string of the molecule is c1ccsc1.c1cscn1.c1nncs1. The normalized spacial score (nSPS) is 8.00. The van der Waals surface area contributed by atoms with Crippen LogP contribution in [0.5, 0.6) is 0 Å². The summed E-state index contributed by atoms with van der Waals surface area (Å²) >= 11 is 4.81. The first-order valence-electron chi connectivity index (χ1n) is 3.98. The summed E-state index contributed by atoms with van der Waals surface area (Å²) < 4.78 is 0. The van der Waals surface area contributed by atoms with Gasteiger partial charge in [0.2, 0.25) is 0 Å². The number of thiazole rings is 1. The van der Waals surface area contributed by atoms with Gasteiger partial charge in [-0.1, -0.05) is 12.1 Å². The fourth-order valence-corrected chi connectivity index (χ4v) is 1.62. The van der Waals surface area contributed by atoms with Crippen molar-refractivity contribution in [2.45, 2.75) is 0 Å². The lowest BCUT2D eigenvalue weighted by atomic mass is 10.7. The van der Waals surface area contributed by atoms with E-state index >= 15 is 0 Å². The molecule has 3 nitrogen and oxygen atoms in total. The molecule has 0 atom stereocenters. The first-order chi connectivity index (χ1) is 7.50. The van der Waals surface area contributed by atoms with E-state index in [9.17, 15) is 0 Å². The first kappa shape index (κ1) is 12.0. The molecule has 0 saturated carbocycles. The average Bonchev–Trinajstić information content (AvgIpc) is 3.09. The molecule has 15 heavy (non-hydrogen) atoms. The summed E-state index contributed by atoms with van der Waals surface area (Å²) in [5, 5.41) is 13.0. The molecule has 3 rings (SSSR count). The summed E-state index contributed by atoms with van der Waals surface area (Å²) in [6, 6.07) is 4.04. The number of hydrogen-bond acceptors (Lipinski definition) is 6. The lowest BCUT2D eigenvalue weighted by Gasteiger charge is -1.41. The Morgan fingerprint density at radius 2 is 1.40 bits per heavy atom. The van der Waals surface area contributed by atoms with E-state index in [1.807, 2.05) is 28.3 Å². The highest BCUT2D eigenvalue weighted by atomic mass is 32.1. The second kappa shape index (κ2) is 9.45. The average molecular weight is 255 g/mol. The summed E-state index contributed by atoms with van der Waals surface area (Å²) in [6.07, 6.45) is 1.77. The zero-order chi connectivity index (χ0) is 10.6. The molecule has 0 bridgehead atoms. The number of rotatable bonds is 0. The Morgan fingerprint density at radius 3 is 1.60 bits per heavy atom. The molecular formula is C9H9N3S3. The number of nitrogens with zero attached hydrogens (tertiary/aromatic N) is 3. The monoisotopic (exact) mass is 255 g/mol. The van der Waals surface area contributed by atoms with Crippen molar-refractivity contribution in [1.29, 1.82) is 0 Å². The highest BCUT2D eigenvalue weighted by Crippen LogP contribution is 1.91. The van der Waals surface area contributed by atoms with Crippen LogP contribution < -0.4 is 0 Å². The number of thiophene rings is 1. The Bertz CT molecular complexity index is 253. The molecule has 0 aliphatic rings. The van der Waals surface area contributed by atoms with Crippen LogP contribution in [0.3, 0.4) is 0 Å². The smallest absolute Gasteiger partial charge is 0.103 e. The topological polar surface area (TPSA) is 38.7 Å². The van der Waals surface area contributed by atoms with Gasteiger partial charge in [-0.3, -0.25) is 4.98 Å². The zero-order valence-corrected chi connectivity index (χ0v) is 10.2. The van der Waals surface area contributed by atoms with Crippen molar-refractivity contribution in [3.63, 3.8) is 0 Å². The minimum atomic E-state index is 1.49. The van der Waals surface area contributed by atoms with Crippen LogP contribution in [-0.2, 0) is 0 Å². The van der Waals surface area contributed by atoms with Crippen molar-refractivity contribution in [3.05, 3.63) is 51.0 Å². The fourth-order valence-electron chi connectivity index (χ4n) is 0.539. The number of aromatic nitrogens is 3. The predicted octanol–water partition coefficient (Wildman–Crippen LogP) is 3.43. The van der Waals surface area contributed by atoms with Crippen LogP contribution in [0.1, 0.15) is 0 Å². The van der Waals surface area contributed by atoms with E-state index in [1.165, 1.54) is 11.3 Å². The molecule has 0 spiro atoms. The van der Waals surface area contributed by atoms with Gasteiger partial charge >= 0.3 is 0 Å². The van der Waals surface area contributed by atoms with E-state index in [0.29, 0.717) is 0 Å². The quantitative estimate of drug-likeness (QED) is 0.617. The van der Waals surface area contributed by atoms with Gasteiger partial charge in [-0.15, -0.1) is 32.9 Å². The van der Waals surface area contributed by atoms with Gasteiger partial charge in [0.1, 0.15) is 11.0 Å². The van der Waals surface area contributed by atoms with Crippen molar-refractivity contribution in [1.82, 2.24) is 15.2 Å². The minimum Gasteiger partial charge on any atom is -0.253 e. The largest absolute Gasteiger partial charge is 0.253 e. The summed E-state index contributed by atoms with van der Waals surface area (Å²) in [4.78, 5) is 3.74. The molecule has 3 heterocycles. The highest BCUT2D eigenvalue weighted by Gasteiger charge is 1.61. The Morgan fingerprint density at radius 1 is 0.667 bits per heavy atom. The summed E-state index contributed by atoms with van der Waals surface area (Å²) in [7, 11) is 0. The Labute approximate surface area is 100 Å². The van der Waals surface area contributed by atoms with Gasteiger partial charge in [-0.2, -0.15) is 11.3 Å². The van der Waals surface area contributed by atoms with Crippen molar-refractivity contribution in [2.75, 3.05) is 0 Å². The van der Waals surface area contributed by atoms with Crippen molar-refractivity contribution in [3.8, 4) is 0 Å². The fraction of sp³-hybridized carbons (Fsp3) is 0. The van der Waals surface area contributed by atoms with Crippen LogP contribution in [0, 0.1) is 0 Å². The van der Waals surface area contributed by atoms with E-state index in [0.717, 1.165) is 0 Å². The molecule has 3 aromatic rings. The van der Waals surface area contributed by atoms with Crippen LogP contribution in [0.2, 0.25) is 0 Å². The van der Waals surface area contributed by atoms with Gasteiger partial charge in [0.25, 0.3) is 0 Å². The van der Waals surface area contributed by atoms with Gasteiger partial charge in [-0.25, -0.2) is 0 Å². The summed E-state index contributed by atoms with van der Waals surface area (Å²) in [6.45, 7) is 0. The van der Waals surface area contributed by atoms with Crippen LogP contribution >= 0.6 is 34.0 Å². The van der Waals surface area contributed by atoms with E-state index in [2.05, 4.69) is 15.2 Å². The van der Waals surface area contributed by atoms with Crippen molar-refractivity contribution in [2.24, 2.45) is 0 Å². The highest BCUT2D eigenvalue weighted by molar-refractivity contribution is 7.08. The molecule has 6 heteroatoms. The van der Waals surface area contributed by atoms with Crippen LogP contribution in [0.4, 0.5) is 0 Å². The molecule has 0 saturated heterocycles. The molecule has 3 aromatic heterocycles. The third-order valence-electron chi connectivity index (χ3n) is 1.06. The van der Waals surface area contributed by atoms with Gasteiger partial charge in [-0.05, 0) is 10.8 Å². The van der Waals surface area contributed by atoms with E-state index in [4.69, 9.17) is 0 Å². The van der Waals surface area contributed by atoms with Crippen LogP contribution in [0.15, 0.2) is 51.0 Å². The molecule has 78 valence electrons. The van der Waals surface area contributed by atoms with E-state index in [-0.39, 0.29) is 0 Å². The third kappa shape index (κ3) is 7.92. The molecule has 0 amide bonds. The second-order valence-corrected chi connectivity index (χ2v) is 4.31. The molecule has 0 radical (unpaired) electrons. The molecule has 0 aromatic carbocycles. The van der Waals surface area contributed by atoms with Crippen LogP contribution in [0.25, 0.3) is 0 Å². The minimum absolute atomic E-state index is 1.49. The molecule has 0 unspecified atom stereocenters. The predicted molar refractivity (Wildman–Crippen MR) is 66.3 cm³/mol. The summed E-state index contributed by atoms with van der Waals surface area (Å²) in [5.74, 6) is 0. The first-order valence-corrected chi connectivity index (χ1v) is 6.81. The molecular weight excluding hydrogens is 246 g/mol.